The van der Waals surface area contributed by atoms with Crippen molar-refractivity contribution in [3.05, 3.63) is 77.4 Å². The van der Waals surface area contributed by atoms with Crippen LogP contribution in [-0.4, -0.2) is 37.1 Å². The lowest BCUT2D eigenvalue weighted by atomic mass is 9.76. The van der Waals surface area contributed by atoms with Crippen LogP contribution in [0.4, 0.5) is 0 Å². The molecule has 0 aromatic heterocycles. The fraction of sp³-hybridized carbons (Fsp3) is 0.400. The van der Waals surface area contributed by atoms with E-state index >= 15 is 0 Å². The minimum absolute atomic E-state index is 0.0611. The molecule has 2 fully saturated rings. The molecule has 0 saturated carbocycles. The Kier molecular flexibility index (Phi) is 5.63. The average molecular weight is 376 g/mol. The highest BCUT2D eigenvalue weighted by Crippen LogP contribution is 2.46. The number of methoxy groups -OCH3 is 1. The first-order chi connectivity index (χ1) is 13.7. The minimum atomic E-state index is -0.0618. The number of hydrogen-bond acceptors (Lipinski definition) is 3. The van der Waals surface area contributed by atoms with Crippen molar-refractivity contribution in [1.29, 1.82) is 0 Å². The average Bonchev–Trinajstić information content (AvgIpc) is 2.97. The fourth-order valence-corrected chi connectivity index (χ4v) is 5.07. The van der Waals surface area contributed by atoms with Crippen molar-refractivity contribution in [2.24, 2.45) is 5.92 Å². The molecule has 3 heteroatoms. The van der Waals surface area contributed by atoms with Gasteiger partial charge in [-0.05, 0) is 49.4 Å². The zero-order valence-corrected chi connectivity index (χ0v) is 16.8. The Morgan fingerprint density at radius 3 is 2.57 bits per heavy atom. The maximum atomic E-state index is 12.6. The van der Waals surface area contributed by atoms with Crippen molar-refractivity contribution in [2.75, 3.05) is 14.2 Å². The molecule has 0 aliphatic carbocycles. The lowest BCUT2D eigenvalue weighted by Crippen LogP contribution is -2.49. The van der Waals surface area contributed by atoms with Crippen LogP contribution in [0.25, 0.3) is 6.08 Å². The van der Waals surface area contributed by atoms with E-state index in [1.165, 1.54) is 30.2 Å². The van der Waals surface area contributed by atoms with E-state index in [1.807, 2.05) is 6.07 Å². The Hall–Kier alpha value is -2.39. The molecule has 4 rings (SSSR count). The number of benzene rings is 2. The van der Waals surface area contributed by atoms with E-state index in [2.05, 4.69) is 72.6 Å². The highest BCUT2D eigenvalue weighted by atomic mass is 16.5. The van der Waals surface area contributed by atoms with Gasteiger partial charge in [0.1, 0.15) is 0 Å². The van der Waals surface area contributed by atoms with Crippen molar-refractivity contribution in [3.63, 3.8) is 0 Å². The Morgan fingerprint density at radius 2 is 1.86 bits per heavy atom. The second-order valence-electron chi connectivity index (χ2n) is 8.11. The van der Waals surface area contributed by atoms with Crippen LogP contribution in [0.3, 0.4) is 0 Å². The molecule has 4 atom stereocenters. The molecular formula is C25H29NO2. The van der Waals surface area contributed by atoms with E-state index in [0.29, 0.717) is 12.1 Å². The number of carbonyl (C=O) groups is 1. The van der Waals surface area contributed by atoms with Crippen molar-refractivity contribution < 1.29 is 9.53 Å². The van der Waals surface area contributed by atoms with Crippen LogP contribution in [0.5, 0.6) is 0 Å². The predicted octanol–water partition coefficient (Wildman–Crippen LogP) is 4.68. The lowest BCUT2D eigenvalue weighted by molar-refractivity contribution is -0.150. The summed E-state index contributed by atoms with van der Waals surface area (Å²) in [6.07, 6.45) is 8.63. The predicted molar refractivity (Wildman–Crippen MR) is 113 cm³/mol. The van der Waals surface area contributed by atoms with E-state index < -0.39 is 0 Å². The summed E-state index contributed by atoms with van der Waals surface area (Å²) in [5.41, 5.74) is 3.78. The molecule has 0 N–H and O–H groups in total. The topological polar surface area (TPSA) is 29.5 Å². The van der Waals surface area contributed by atoms with Gasteiger partial charge in [-0.15, -0.1) is 0 Å². The molecule has 28 heavy (non-hydrogen) atoms. The van der Waals surface area contributed by atoms with Crippen LogP contribution in [-0.2, 0) is 16.0 Å². The van der Waals surface area contributed by atoms with E-state index in [0.717, 1.165) is 19.3 Å². The number of carbonyl (C=O) groups excluding carboxylic acids is 1. The van der Waals surface area contributed by atoms with Crippen molar-refractivity contribution >= 4 is 12.0 Å². The molecule has 2 bridgehead atoms. The first-order valence-electron chi connectivity index (χ1n) is 10.3. The van der Waals surface area contributed by atoms with Gasteiger partial charge in [-0.3, -0.25) is 9.69 Å². The van der Waals surface area contributed by atoms with Crippen molar-refractivity contribution in [1.82, 2.24) is 4.90 Å². The van der Waals surface area contributed by atoms with E-state index in [-0.39, 0.29) is 17.8 Å². The molecule has 2 aromatic rings. The summed E-state index contributed by atoms with van der Waals surface area (Å²) < 4.78 is 5.18. The quantitative estimate of drug-likeness (QED) is 0.711. The van der Waals surface area contributed by atoms with Gasteiger partial charge in [0.15, 0.2) is 0 Å². The van der Waals surface area contributed by atoms with Crippen LogP contribution in [0.1, 0.15) is 41.9 Å². The maximum absolute atomic E-state index is 12.6. The van der Waals surface area contributed by atoms with Crippen LogP contribution < -0.4 is 0 Å². The number of allylic oxidation sites excluding steroid dienone is 1. The van der Waals surface area contributed by atoms with E-state index in [1.54, 1.807) is 0 Å². The molecule has 2 saturated heterocycles. The summed E-state index contributed by atoms with van der Waals surface area (Å²) in [5, 5.41) is 0. The fourth-order valence-electron chi connectivity index (χ4n) is 5.07. The molecule has 0 radical (unpaired) electrons. The molecule has 3 nitrogen and oxygen atoms in total. The third-order valence-corrected chi connectivity index (χ3v) is 6.61. The molecule has 0 spiro atoms. The summed E-state index contributed by atoms with van der Waals surface area (Å²) in [6, 6.07) is 20.1. The molecular weight excluding hydrogens is 346 g/mol. The molecule has 146 valence electrons. The first-order valence-corrected chi connectivity index (χ1v) is 10.3. The van der Waals surface area contributed by atoms with Crippen LogP contribution in [0.2, 0.25) is 0 Å². The number of esters is 1. The third-order valence-electron chi connectivity index (χ3n) is 6.61. The van der Waals surface area contributed by atoms with Gasteiger partial charge in [0.05, 0.1) is 13.0 Å². The van der Waals surface area contributed by atoms with Gasteiger partial charge in [0, 0.05) is 18.0 Å². The molecule has 4 unspecified atom stereocenters. The first kappa shape index (κ1) is 18.9. The van der Waals surface area contributed by atoms with Gasteiger partial charge < -0.3 is 4.74 Å². The normalized spacial score (nSPS) is 27.2. The maximum Gasteiger partial charge on any atom is 0.310 e. The van der Waals surface area contributed by atoms with Gasteiger partial charge in [-0.1, -0.05) is 66.7 Å². The molecule has 0 amide bonds. The molecule has 2 aliphatic heterocycles. The third kappa shape index (κ3) is 3.77. The van der Waals surface area contributed by atoms with Crippen LogP contribution in [0.15, 0.2) is 60.7 Å². The second-order valence-corrected chi connectivity index (χ2v) is 8.11. The van der Waals surface area contributed by atoms with Gasteiger partial charge >= 0.3 is 5.97 Å². The molecule has 2 aliphatic rings. The highest BCUT2D eigenvalue weighted by Gasteiger charge is 2.49. The standard InChI is InChI=1S/C25H29NO2/c1-26-21-15-16-23(26)24(25(27)28-2)22(17-21)20-13-11-19(12-14-20)10-6-9-18-7-4-3-5-8-18/h3-8,10-14,21-24H,9,15-17H2,1-2H3/b10-6+. The van der Waals surface area contributed by atoms with Crippen molar-refractivity contribution in [2.45, 2.75) is 43.7 Å². The Morgan fingerprint density at radius 1 is 1.11 bits per heavy atom. The van der Waals surface area contributed by atoms with Crippen molar-refractivity contribution in [3.8, 4) is 0 Å². The SMILES string of the molecule is COC(=O)C1C(c2ccc(/C=C/Cc3ccccc3)cc2)CC2CCC1N2C. The Labute approximate surface area is 168 Å². The smallest absolute Gasteiger partial charge is 0.310 e. The summed E-state index contributed by atoms with van der Waals surface area (Å²) >= 11 is 0. The van der Waals surface area contributed by atoms with Crippen LogP contribution in [0, 0.1) is 5.92 Å². The number of nitrogens with zero attached hydrogens (tertiary/aromatic N) is 1. The zero-order chi connectivity index (χ0) is 19.5. The number of ether oxygens (including phenoxy) is 1. The second kappa shape index (κ2) is 8.32. The number of fused-ring (bicyclic) bond motifs is 2. The summed E-state index contributed by atoms with van der Waals surface area (Å²) in [7, 11) is 3.68. The van der Waals surface area contributed by atoms with Gasteiger partial charge in [0.25, 0.3) is 0 Å². The highest BCUT2D eigenvalue weighted by molar-refractivity contribution is 5.75. The number of piperidine rings is 1. The van der Waals surface area contributed by atoms with Crippen LogP contribution >= 0.6 is 0 Å². The van der Waals surface area contributed by atoms with E-state index in [9.17, 15) is 4.79 Å². The number of rotatable bonds is 5. The van der Waals surface area contributed by atoms with Gasteiger partial charge in [-0.25, -0.2) is 0 Å². The monoisotopic (exact) mass is 375 g/mol. The Bertz CT molecular complexity index is 827. The van der Waals surface area contributed by atoms with E-state index in [4.69, 9.17) is 4.74 Å². The summed E-state index contributed by atoms with van der Waals surface area (Å²) in [5.74, 6) is 0.130. The van der Waals surface area contributed by atoms with Gasteiger partial charge in [-0.2, -0.15) is 0 Å². The largest absolute Gasteiger partial charge is 0.469 e. The minimum Gasteiger partial charge on any atom is -0.469 e. The molecule has 2 aromatic carbocycles. The lowest BCUT2D eigenvalue weighted by Gasteiger charge is -2.41. The molecule has 2 heterocycles. The summed E-state index contributed by atoms with van der Waals surface area (Å²) in [6.45, 7) is 0. The Balaban J connectivity index is 1.48. The number of hydrogen-bond donors (Lipinski definition) is 0. The zero-order valence-electron chi connectivity index (χ0n) is 16.8. The summed E-state index contributed by atoms with van der Waals surface area (Å²) in [4.78, 5) is 15.0. The van der Waals surface area contributed by atoms with Gasteiger partial charge in [0.2, 0.25) is 0 Å².